The molecule has 1 aliphatic rings. The van der Waals surface area contributed by atoms with Crippen LogP contribution in [0.15, 0.2) is 36.4 Å². The van der Waals surface area contributed by atoms with Crippen LogP contribution < -0.4 is 4.74 Å². The number of benzene rings is 2. The molecule has 1 aliphatic heterocycles. The standard InChI is InChI=1S/C23H20FN5O2/c1-3-30-20-14(12-25)4-7-18-17(20)11-19(26-18)22-27-23-21(31-9-8-29(23)28-22)16-6-5-15(24)10-13(16)2/h4-7,10-11,21,26H,3,8-9H2,1-2H3. The molecule has 0 aliphatic carbocycles. The number of aryl methyl sites for hydroxylation is 1. The van der Waals surface area contributed by atoms with Gasteiger partial charge in [0.25, 0.3) is 0 Å². The minimum absolute atomic E-state index is 0.279. The lowest BCUT2D eigenvalue weighted by atomic mass is 10.0. The minimum Gasteiger partial charge on any atom is -0.492 e. The fourth-order valence-corrected chi connectivity index (χ4v) is 4.01. The Labute approximate surface area is 178 Å². The smallest absolute Gasteiger partial charge is 0.197 e. The molecule has 0 bridgehead atoms. The van der Waals surface area contributed by atoms with Gasteiger partial charge in [0, 0.05) is 10.9 Å². The Balaban J connectivity index is 1.59. The van der Waals surface area contributed by atoms with Gasteiger partial charge in [0.15, 0.2) is 11.6 Å². The van der Waals surface area contributed by atoms with E-state index in [1.807, 2.05) is 30.7 Å². The average molecular weight is 417 g/mol. The van der Waals surface area contributed by atoms with Crippen LogP contribution in [-0.4, -0.2) is 33.0 Å². The number of nitriles is 1. The van der Waals surface area contributed by atoms with Crippen LogP contribution in [0.5, 0.6) is 5.75 Å². The first kappa shape index (κ1) is 19.3. The Morgan fingerprint density at radius 2 is 2.19 bits per heavy atom. The zero-order valence-corrected chi connectivity index (χ0v) is 17.1. The SMILES string of the molecule is CCOc1c(C#N)ccc2[nH]c(-c3nc4n(n3)CCOC4c3ccc(F)cc3C)cc12. The number of halogens is 1. The molecule has 3 heterocycles. The summed E-state index contributed by atoms with van der Waals surface area (Å²) in [6, 6.07) is 12.3. The van der Waals surface area contributed by atoms with Crippen molar-refractivity contribution in [1.29, 1.82) is 5.26 Å². The third-order valence-electron chi connectivity index (χ3n) is 5.44. The molecular weight excluding hydrogens is 397 g/mol. The van der Waals surface area contributed by atoms with E-state index in [1.54, 1.807) is 12.1 Å². The quantitative estimate of drug-likeness (QED) is 0.536. The lowest BCUT2D eigenvalue weighted by Gasteiger charge is -2.24. The van der Waals surface area contributed by atoms with E-state index in [2.05, 4.69) is 16.2 Å². The largest absolute Gasteiger partial charge is 0.492 e. The Morgan fingerprint density at radius 3 is 2.97 bits per heavy atom. The fourth-order valence-electron chi connectivity index (χ4n) is 4.01. The minimum atomic E-state index is -0.413. The molecule has 0 fully saturated rings. The van der Waals surface area contributed by atoms with E-state index in [1.165, 1.54) is 12.1 Å². The van der Waals surface area contributed by atoms with Crippen molar-refractivity contribution in [3.05, 3.63) is 64.7 Å². The zero-order valence-electron chi connectivity index (χ0n) is 17.1. The molecule has 1 N–H and O–H groups in total. The number of fused-ring (bicyclic) bond motifs is 2. The Kier molecular flexibility index (Phi) is 4.68. The molecule has 31 heavy (non-hydrogen) atoms. The van der Waals surface area contributed by atoms with Crippen molar-refractivity contribution in [3.63, 3.8) is 0 Å². The third kappa shape index (κ3) is 3.23. The number of hydrogen-bond donors (Lipinski definition) is 1. The molecule has 1 atom stereocenters. The van der Waals surface area contributed by atoms with Gasteiger partial charge < -0.3 is 14.5 Å². The lowest BCUT2D eigenvalue weighted by molar-refractivity contribution is 0.0386. The highest BCUT2D eigenvalue weighted by Gasteiger charge is 2.28. The summed E-state index contributed by atoms with van der Waals surface area (Å²) in [5.74, 6) is 1.48. The number of rotatable bonds is 4. The molecule has 5 rings (SSSR count). The van der Waals surface area contributed by atoms with Crippen LogP contribution in [0.4, 0.5) is 4.39 Å². The number of nitrogens with one attached hydrogen (secondary N) is 1. The predicted molar refractivity (Wildman–Crippen MR) is 112 cm³/mol. The highest BCUT2D eigenvalue weighted by molar-refractivity contribution is 5.92. The second-order valence-corrected chi connectivity index (χ2v) is 7.40. The summed E-state index contributed by atoms with van der Waals surface area (Å²) in [6.07, 6.45) is -0.413. The van der Waals surface area contributed by atoms with E-state index in [0.717, 1.165) is 27.7 Å². The van der Waals surface area contributed by atoms with Crippen LogP contribution in [0.3, 0.4) is 0 Å². The number of aromatic amines is 1. The van der Waals surface area contributed by atoms with Gasteiger partial charge in [-0.25, -0.2) is 14.1 Å². The van der Waals surface area contributed by atoms with E-state index in [9.17, 15) is 9.65 Å². The second kappa shape index (κ2) is 7.52. The highest BCUT2D eigenvalue weighted by atomic mass is 19.1. The van der Waals surface area contributed by atoms with Gasteiger partial charge in [0.2, 0.25) is 0 Å². The van der Waals surface area contributed by atoms with Gasteiger partial charge in [-0.3, -0.25) is 0 Å². The summed E-state index contributed by atoms with van der Waals surface area (Å²) in [5, 5.41) is 14.9. The van der Waals surface area contributed by atoms with E-state index in [-0.39, 0.29) is 5.82 Å². The summed E-state index contributed by atoms with van der Waals surface area (Å²) in [6.45, 7) is 5.28. The number of hydrogen-bond acceptors (Lipinski definition) is 5. The van der Waals surface area contributed by atoms with Crippen LogP contribution in [0.25, 0.3) is 22.4 Å². The first-order chi connectivity index (χ1) is 15.1. The van der Waals surface area contributed by atoms with Gasteiger partial charge in [0.05, 0.1) is 31.0 Å². The van der Waals surface area contributed by atoms with E-state index < -0.39 is 6.10 Å². The Bertz CT molecular complexity index is 1330. The molecule has 0 saturated heterocycles. The zero-order chi connectivity index (χ0) is 21.5. The molecule has 1 unspecified atom stereocenters. The Morgan fingerprint density at radius 1 is 1.32 bits per heavy atom. The van der Waals surface area contributed by atoms with Crippen LogP contribution in [-0.2, 0) is 11.3 Å². The van der Waals surface area contributed by atoms with Crippen molar-refractivity contribution in [3.8, 4) is 23.3 Å². The van der Waals surface area contributed by atoms with E-state index in [0.29, 0.717) is 42.7 Å². The fraction of sp³-hybridized carbons (Fsp3) is 0.261. The van der Waals surface area contributed by atoms with Crippen molar-refractivity contribution in [2.45, 2.75) is 26.5 Å². The molecule has 0 spiro atoms. The maximum Gasteiger partial charge on any atom is 0.197 e. The summed E-state index contributed by atoms with van der Waals surface area (Å²) in [4.78, 5) is 8.08. The molecule has 7 nitrogen and oxygen atoms in total. The molecule has 2 aromatic heterocycles. The average Bonchev–Trinajstić information content (AvgIpc) is 3.38. The van der Waals surface area contributed by atoms with Gasteiger partial charge in [-0.1, -0.05) is 6.07 Å². The first-order valence-corrected chi connectivity index (χ1v) is 10.1. The molecule has 0 saturated carbocycles. The van der Waals surface area contributed by atoms with Crippen molar-refractivity contribution >= 4 is 10.9 Å². The van der Waals surface area contributed by atoms with Crippen LogP contribution >= 0.6 is 0 Å². The van der Waals surface area contributed by atoms with Crippen molar-refractivity contribution in [2.24, 2.45) is 0 Å². The van der Waals surface area contributed by atoms with Crippen molar-refractivity contribution in [2.75, 3.05) is 13.2 Å². The van der Waals surface area contributed by atoms with E-state index >= 15 is 0 Å². The maximum atomic E-state index is 13.6. The molecule has 2 aromatic carbocycles. The summed E-state index contributed by atoms with van der Waals surface area (Å²) in [7, 11) is 0. The molecule has 0 amide bonds. The number of nitrogens with zero attached hydrogens (tertiary/aromatic N) is 4. The lowest BCUT2D eigenvalue weighted by Crippen LogP contribution is -2.24. The highest BCUT2D eigenvalue weighted by Crippen LogP contribution is 2.35. The molecule has 0 radical (unpaired) electrons. The predicted octanol–water partition coefficient (Wildman–Crippen LogP) is 4.26. The first-order valence-electron chi connectivity index (χ1n) is 10.1. The van der Waals surface area contributed by atoms with Crippen molar-refractivity contribution < 1.29 is 13.9 Å². The topological polar surface area (TPSA) is 88.8 Å². The van der Waals surface area contributed by atoms with Gasteiger partial charge in [-0.2, -0.15) is 5.26 Å². The summed E-state index contributed by atoms with van der Waals surface area (Å²) >= 11 is 0. The molecule has 8 heteroatoms. The number of aromatic nitrogens is 4. The normalized spacial score (nSPS) is 15.6. The second-order valence-electron chi connectivity index (χ2n) is 7.40. The summed E-state index contributed by atoms with van der Waals surface area (Å²) in [5.41, 5.74) is 3.72. The van der Waals surface area contributed by atoms with Crippen molar-refractivity contribution in [1.82, 2.24) is 19.7 Å². The number of H-pyrrole nitrogens is 1. The van der Waals surface area contributed by atoms with Gasteiger partial charge in [-0.05, 0) is 55.3 Å². The third-order valence-corrected chi connectivity index (χ3v) is 5.44. The Hall–Kier alpha value is -3.70. The van der Waals surface area contributed by atoms with Crippen LogP contribution in [0.2, 0.25) is 0 Å². The molecule has 4 aromatic rings. The molecule has 156 valence electrons. The van der Waals surface area contributed by atoms with Gasteiger partial charge in [-0.15, -0.1) is 5.10 Å². The maximum absolute atomic E-state index is 13.6. The van der Waals surface area contributed by atoms with Crippen LogP contribution in [0, 0.1) is 24.1 Å². The van der Waals surface area contributed by atoms with Gasteiger partial charge >= 0.3 is 0 Å². The monoisotopic (exact) mass is 417 g/mol. The molecular formula is C23H20FN5O2. The van der Waals surface area contributed by atoms with Gasteiger partial charge in [0.1, 0.15) is 23.7 Å². The van der Waals surface area contributed by atoms with Crippen LogP contribution in [0.1, 0.15) is 35.5 Å². The number of ether oxygens (including phenoxy) is 2. The van der Waals surface area contributed by atoms with E-state index in [4.69, 9.17) is 14.5 Å². The summed E-state index contributed by atoms with van der Waals surface area (Å²) < 4.78 is 27.1.